The molecule has 4 heteroatoms. The lowest BCUT2D eigenvalue weighted by Gasteiger charge is -2.15. The highest BCUT2D eigenvalue weighted by Gasteiger charge is 2.18. The zero-order valence-corrected chi connectivity index (χ0v) is 10.0. The van der Waals surface area contributed by atoms with Gasteiger partial charge >= 0.3 is 5.97 Å². The van der Waals surface area contributed by atoms with Gasteiger partial charge in [0.05, 0.1) is 5.56 Å². The summed E-state index contributed by atoms with van der Waals surface area (Å²) < 4.78 is 0. The molecule has 1 heterocycles. The number of anilines is 1. The molecule has 0 spiro atoms. The second-order valence-corrected chi connectivity index (χ2v) is 5.21. The van der Waals surface area contributed by atoms with Crippen LogP contribution in [0.2, 0.25) is 0 Å². The van der Waals surface area contributed by atoms with Gasteiger partial charge in [-0.15, -0.1) is 0 Å². The van der Waals surface area contributed by atoms with E-state index in [9.17, 15) is 4.79 Å². The van der Waals surface area contributed by atoms with Crippen molar-refractivity contribution in [3.63, 3.8) is 0 Å². The van der Waals surface area contributed by atoms with Gasteiger partial charge in [0.25, 0.3) is 0 Å². The smallest absolute Gasteiger partial charge is 0.337 e. The molecule has 1 aliphatic heterocycles. The summed E-state index contributed by atoms with van der Waals surface area (Å²) in [5, 5.41) is 12.4. The van der Waals surface area contributed by atoms with E-state index in [4.69, 9.17) is 5.11 Å². The average molecular weight is 237 g/mol. The molecule has 1 aromatic carbocycles. The fourth-order valence-electron chi connectivity index (χ4n) is 1.83. The molecule has 1 fully saturated rings. The van der Waals surface area contributed by atoms with E-state index in [2.05, 4.69) is 5.32 Å². The number of carboxylic acid groups (broad SMARTS) is 1. The van der Waals surface area contributed by atoms with Crippen molar-refractivity contribution < 1.29 is 9.90 Å². The van der Waals surface area contributed by atoms with Gasteiger partial charge in [-0.05, 0) is 31.2 Å². The third-order valence-corrected chi connectivity index (χ3v) is 3.86. The van der Waals surface area contributed by atoms with Gasteiger partial charge in [0.1, 0.15) is 0 Å². The molecule has 1 atom stereocenters. The van der Waals surface area contributed by atoms with Crippen molar-refractivity contribution in [3.05, 3.63) is 29.3 Å². The maximum atomic E-state index is 11.1. The van der Waals surface area contributed by atoms with E-state index in [0.29, 0.717) is 11.6 Å². The number of hydrogen-bond acceptors (Lipinski definition) is 3. The van der Waals surface area contributed by atoms with E-state index in [1.165, 1.54) is 0 Å². The van der Waals surface area contributed by atoms with Crippen LogP contribution in [0.25, 0.3) is 0 Å². The van der Waals surface area contributed by atoms with Crippen LogP contribution in [0.15, 0.2) is 18.2 Å². The fraction of sp³-hybridized carbons (Fsp3) is 0.417. The highest BCUT2D eigenvalue weighted by molar-refractivity contribution is 7.99. The lowest BCUT2D eigenvalue weighted by Crippen LogP contribution is -2.20. The van der Waals surface area contributed by atoms with Crippen molar-refractivity contribution in [2.24, 2.45) is 0 Å². The first kappa shape index (κ1) is 11.3. The fourth-order valence-corrected chi connectivity index (χ4v) is 2.98. The Morgan fingerprint density at radius 1 is 1.56 bits per heavy atom. The first-order valence-electron chi connectivity index (χ1n) is 5.35. The van der Waals surface area contributed by atoms with Crippen LogP contribution < -0.4 is 5.32 Å². The SMILES string of the molecule is Cc1ccc(NC2CCSC2)c(C(=O)O)c1. The molecule has 1 unspecified atom stereocenters. The third-order valence-electron chi connectivity index (χ3n) is 2.69. The Hall–Kier alpha value is -1.16. The van der Waals surface area contributed by atoms with E-state index in [0.717, 1.165) is 29.2 Å². The summed E-state index contributed by atoms with van der Waals surface area (Å²) in [5.41, 5.74) is 2.09. The predicted octanol–water partition coefficient (Wildman–Crippen LogP) is 2.61. The highest BCUT2D eigenvalue weighted by Crippen LogP contribution is 2.24. The van der Waals surface area contributed by atoms with E-state index >= 15 is 0 Å². The van der Waals surface area contributed by atoms with Gasteiger partial charge in [-0.25, -0.2) is 4.79 Å². The zero-order valence-electron chi connectivity index (χ0n) is 9.19. The van der Waals surface area contributed by atoms with Crippen LogP contribution in [0.4, 0.5) is 5.69 Å². The maximum Gasteiger partial charge on any atom is 0.337 e. The minimum Gasteiger partial charge on any atom is -0.478 e. The van der Waals surface area contributed by atoms with Crippen LogP contribution in [0, 0.1) is 6.92 Å². The van der Waals surface area contributed by atoms with E-state index < -0.39 is 5.97 Å². The normalized spacial score (nSPS) is 19.7. The Morgan fingerprint density at radius 2 is 2.38 bits per heavy atom. The van der Waals surface area contributed by atoms with Crippen LogP contribution in [0.1, 0.15) is 22.3 Å². The summed E-state index contributed by atoms with van der Waals surface area (Å²) >= 11 is 1.91. The quantitative estimate of drug-likeness (QED) is 0.848. The lowest BCUT2D eigenvalue weighted by atomic mass is 10.1. The second kappa shape index (κ2) is 4.78. The number of rotatable bonds is 3. The zero-order chi connectivity index (χ0) is 11.5. The van der Waals surface area contributed by atoms with Gasteiger partial charge in [0.15, 0.2) is 0 Å². The Kier molecular flexibility index (Phi) is 3.39. The van der Waals surface area contributed by atoms with Crippen LogP contribution in [-0.4, -0.2) is 28.6 Å². The molecular formula is C12H15NO2S. The molecule has 3 nitrogen and oxygen atoms in total. The summed E-state index contributed by atoms with van der Waals surface area (Å²) in [4.78, 5) is 11.1. The van der Waals surface area contributed by atoms with Gasteiger partial charge in [-0.2, -0.15) is 11.8 Å². The largest absolute Gasteiger partial charge is 0.478 e. The number of hydrogen-bond donors (Lipinski definition) is 2. The first-order chi connectivity index (χ1) is 7.66. The molecule has 1 aliphatic rings. The molecule has 16 heavy (non-hydrogen) atoms. The van der Waals surface area contributed by atoms with Crippen LogP contribution in [0.5, 0.6) is 0 Å². The maximum absolute atomic E-state index is 11.1. The standard InChI is InChI=1S/C12H15NO2S/c1-8-2-3-11(10(6-8)12(14)15)13-9-4-5-16-7-9/h2-3,6,9,13H,4-5,7H2,1H3,(H,14,15). The van der Waals surface area contributed by atoms with Gasteiger partial charge < -0.3 is 10.4 Å². The van der Waals surface area contributed by atoms with Crippen LogP contribution in [-0.2, 0) is 0 Å². The van der Waals surface area contributed by atoms with E-state index in [1.54, 1.807) is 6.07 Å². The summed E-state index contributed by atoms with van der Waals surface area (Å²) in [5.74, 6) is 1.36. The first-order valence-corrected chi connectivity index (χ1v) is 6.50. The Bertz CT molecular complexity index is 400. The number of aryl methyl sites for hydroxylation is 1. The molecule has 86 valence electrons. The van der Waals surface area contributed by atoms with Gasteiger partial charge in [0, 0.05) is 17.5 Å². The van der Waals surface area contributed by atoms with Crippen molar-refractivity contribution in [2.45, 2.75) is 19.4 Å². The lowest BCUT2D eigenvalue weighted by molar-refractivity contribution is 0.0698. The number of aromatic carboxylic acids is 1. The molecule has 0 saturated carbocycles. The molecule has 0 amide bonds. The van der Waals surface area contributed by atoms with Gasteiger partial charge in [-0.1, -0.05) is 11.6 Å². The second-order valence-electron chi connectivity index (χ2n) is 4.06. The molecular weight excluding hydrogens is 222 g/mol. The highest BCUT2D eigenvalue weighted by atomic mass is 32.2. The van der Waals surface area contributed by atoms with Crippen molar-refractivity contribution in [3.8, 4) is 0 Å². The Morgan fingerprint density at radius 3 is 3.00 bits per heavy atom. The number of thioether (sulfide) groups is 1. The molecule has 0 radical (unpaired) electrons. The van der Waals surface area contributed by atoms with E-state index in [1.807, 2.05) is 30.8 Å². The number of nitrogens with one attached hydrogen (secondary N) is 1. The monoisotopic (exact) mass is 237 g/mol. The number of carboxylic acids is 1. The topological polar surface area (TPSA) is 49.3 Å². The van der Waals surface area contributed by atoms with Crippen LogP contribution in [0.3, 0.4) is 0 Å². The summed E-state index contributed by atoms with van der Waals surface area (Å²) in [6.07, 6.45) is 1.11. The van der Waals surface area contributed by atoms with Crippen molar-refractivity contribution in [1.82, 2.24) is 0 Å². The summed E-state index contributed by atoms with van der Waals surface area (Å²) in [7, 11) is 0. The Labute approximate surface area is 99.2 Å². The summed E-state index contributed by atoms with van der Waals surface area (Å²) in [6, 6.07) is 5.93. The number of benzene rings is 1. The van der Waals surface area contributed by atoms with Gasteiger partial charge in [0.2, 0.25) is 0 Å². The van der Waals surface area contributed by atoms with Crippen molar-refractivity contribution in [1.29, 1.82) is 0 Å². The predicted molar refractivity (Wildman–Crippen MR) is 67.5 cm³/mol. The van der Waals surface area contributed by atoms with Gasteiger partial charge in [-0.3, -0.25) is 0 Å². The van der Waals surface area contributed by atoms with Crippen molar-refractivity contribution in [2.75, 3.05) is 16.8 Å². The minimum atomic E-state index is -0.864. The number of carbonyl (C=O) groups is 1. The molecule has 2 rings (SSSR count). The molecule has 2 N–H and O–H groups in total. The van der Waals surface area contributed by atoms with Crippen molar-refractivity contribution >= 4 is 23.4 Å². The van der Waals surface area contributed by atoms with Crippen LogP contribution >= 0.6 is 11.8 Å². The average Bonchev–Trinajstić information content (AvgIpc) is 2.73. The summed E-state index contributed by atoms with van der Waals surface area (Å²) in [6.45, 7) is 1.90. The third kappa shape index (κ3) is 2.50. The molecule has 0 aromatic heterocycles. The minimum absolute atomic E-state index is 0.372. The molecule has 1 saturated heterocycles. The molecule has 0 aliphatic carbocycles. The molecule has 1 aromatic rings. The molecule has 0 bridgehead atoms. The Balaban J connectivity index is 2.21. The van der Waals surface area contributed by atoms with E-state index in [-0.39, 0.29) is 0 Å².